The van der Waals surface area contributed by atoms with Crippen LogP contribution in [0.25, 0.3) is 10.6 Å². The van der Waals surface area contributed by atoms with Crippen molar-refractivity contribution < 1.29 is 9.47 Å². The first-order valence-corrected chi connectivity index (χ1v) is 6.14. The van der Waals surface area contributed by atoms with Gasteiger partial charge in [-0.15, -0.1) is 11.3 Å². The molecule has 0 fully saturated rings. The van der Waals surface area contributed by atoms with Gasteiger partial charge in [0.2, 0.25) is 0 Å². The van der Waals surface area contributed by atoms with Crippen LogP contribution in [0.15, 0.2) is 24.3 Å². The Balaban J connectivity index is 2.48. The van der Waals surface area contributed by atoms with E-state index in [1.807, 2.05) is 24.3 Å². The summed E-state index contributed by atoms with van der Waals surface area (Å²) < 4.78 is 10.3. The van der Waals surface area contributed by atoms with Gasteiger partial charge in [-0.1, -0.05) is 12.1 Å². The molecule has 5 heteroatoms. The summed E-state index contributed by atoms with van der Waals surface area (Å²) in [5.74, 6) is 0.750. The highest BCUT2D eigenvalue weighted by Crippen LogP contribution is 2.34. The zero-order chi connectivity index (χ0) is 13.0. The molecule has 0 spiro atoms. The smallest absolute Gasteiger partial charge is 0.130 e. The van der Waals surface area contributed by atoms with Crippen LogP contribution in [0.1, 0.15) is 10.6 Å². The third-order valence-corrected chi connectivity index (χ3v) is 3.45. The van der Waals surface area contributed by atoms with Gasteiger partial charge in [0.25, 0.3) is 0 Å². The van der Waals surface area contributed by atoms with Crippen LogP contribution in [0.4, 0.5) is 0 Å². The number of para-hydroxylation sites is 1. The fourth-order valence-corrected chi connectivity index (χ4v) is 2.51. The summed E-state index contributed by atoms with van der Waals surface area (Å²) in [6, 6.07) is 9.76. The molecule has 92 valence electrons. The third kappa shape index (κ3) is 2.35. The van der Waals surface area contributed by atoms with Gasteiger partial charge in [-0.2, -0.15) is 5.26 Å². The zero-order valence-electron chi connectivity index (χ0n) is 10.1. The molecule has 2 rings (SSSR count). The molecule has 1 heterocycles. The summed E-state index contributed by atoms with van der Waals surface area (Å²) in [5, 5.41) is 9.84. The Labute approximate surface area is 109 Å². The van der Waals surface area contributed by atoms with E-state index in [4.69, 9.17) is 14.7 Å². The summed E-state index contributed by atoms with van der Waals surface area (Å²) in [4.78, 5) is 5.02. The Hall–Kier alpha value is -1.90. The summed E-state index contributed by atoms with van der Waals surface area (Å²) in [6.45, 7) is 0.342. The van der Waals surface area contributed by atoms with Crippen molar-refractivity contribution in [2.75, 3.05) is 14.2 Å². The van der Waals surface area contributed by atoms with Crippen LogP contribution >= 0.6 is 11.3 Å². The highest BCUT2D eigenvalue weighted by Gasteiger charge is 2.14. The van der Waals surface area contributed by atoms with Crippen molar-refractivity contribution in [1.82, 2.24) is 4.98 Å². The minimum atomic E-state index is 0.342. The normalized spacial score (nSPS) is 10.1. The molecule has 0 unspecified atom stereocenters. The van der Waals surface area contributed by atoms with E-state index >= 15 is 0 Å². The molecular formula is C13H12N2O2S. The van der Waals surface area contributed by atoms with Crippen LogP contribution in [-0.4, -0.2) is 19.2 Å². The van der Waals surface area contributed by atoms with Crippen molar-refractivity contribution in [3.05, 3.63) is 34.8 Å². The van der Waals surface area contributed by atoms with Crippen LogP contribution < -0.4 is 4.74 Å². The first kappa shape index (κ1) is 12.6. The molecule has 1 aromatic heterocycles. The lowest BCUT2D eigenvalue weighted by Gasteiger charge is -2.04. The molecule has 0 saturated heterocycles. The lowest BCUT2D eigenvalue weighted by molar-refractivity contribution is 0.182. The molecule has 18 heavy (non-hydrogen) atoms. The number of rotatable bonds is 4. The molecule has 4 nitrogen and oxygen atoms in total. The Bertz CT molecular complexity index is 587. The molecule has 2 aromatic rings. The van der Waals surface area contributed by atoms with Gasteiger partial charge in [-0.25, -0.2) is 4.98 Å². The van der Waals surface area contributed by atoms with Crippen LogP contribution in [0.3, 0.4) is 0 Å². The monoisotopic (exact) mass is 260 g/mol. The van der Waals surface area contributed by atoms with E-state index in [9.17, 15) is 0 Å². The second kappa shape index (κ2) is 5.63. The average Bonchev–Trinajstić information content (AvgIpc) is 2.82. The van der Waals surface area contributed by atoms with Crippen LogP contribution in [0, 0.1) is 11.3 Å². The topological polar surface area (TPSA) is 55.1 Å². The van der Waals surface area contributed by atoms with Crippen molar-refractivity contribution in [3.8, 4) is 22.4 Å². The summed E-state index contributed by atoms with van der Waals surface area (Å²) in [6.07, 6.45) is 0. The van der Waals surface area contributed by atoms with E-state index in [0.717, 1.165) is 16.3 Å². The van der Waals surface area contributed by atoms with Crippen LogP contribution in [0.2, 0.25) is 0 Å². The molecule has 0 saturated carbocycles. The Kier molecular flexibility index (Phi) is 3.92. The maximum atomic E-state index is 9.07. The van der Waals surface area contributed by atoms with Crippen molar-refractivity contribution in [2.45, 2.75) is 6.61 Å². The van der Waals surface area contributed by atoms with Gasteiger partial charge in [-0.3, -0.25) is 0 Å². The van der Waals surface area contributed by atoms with E-state index in [2.05, 4.69) is 11.1 Å². The minimum Gasteiger partial charge on any atom is -0.496 e. The Morgan fingerprint density at radius 2 is 2.11 bits per heavy atom. The van der Waals surface area contributed by atoms with Crippen molar-refractivity contribution in [3.63, 3.8) is 0 Å². The van der Waals surface area contributed by atoms with Gasteiger partial charge in [-0.05, 0) is 12.1 Å². The number of thiazole rings is 1. The fourth-order valence-electron chi connectivity index (χ4n) is 1.61. The largest absolute Gasteiger partial charge is 0.496 e. The number of aromatic nitrogens is 1. The number of hydrogen-bond acceptors (Lipinski definition) is 5. The number of methoxy groups -OCH3 is 2. The average molecular weight is 260 g/mol. The molecule has 0 aliphatic carbocycles. The Morgan fingerprint density at radius 3 is 2.78 bits per heavy atom. The molecule has 0 N–H and O–H groups in total. The van der Waals surface area contributed by atoms with E-state index in [0.29, 0.717) is 17.2 Å². The van der Waals surface area contributed by atoms with E-state index < -0.39 is 0 Å². The molecular weight excluding hydrogens is 248 g/mol. The van der Waals surface area contributed by atoms with Crippen molar-refractivity contribution >= 4 is 11.3 Å². The lowest BCUT2D eigenvalue weighted by atomic mass is 10.2. The van der Waals surface area contributed by atoms with Crippen LogP contribution in [-0.2, 0) is 11.3 Å². The fraction of sp³-hybridized carbons (Fsp3) is 0.231. The second-order valence-electron chi connectivity index (χ2n) is 3.54. The zero-order valence-corrected chi connectivity index (χ0v) is 11.0. The number of hydrogen-bond donors (Lipinski definition) is 0. The SMILES string of the molecule is COCc1nc(-c2ccccc2OC)sc1C#N. The van der Waals surface area contributed by atoms with Gasteiger partial charge in [0.1, 0.15) is 21.7 Å². The number of nitriles is 1. The van der Waals surface area contributed by atoms with Crippen LogP contribution in [0.5, 0.6) is 5.75 Å². The van der Waals surface area contributed by atoms with Gasteiger partial charge in [0, 0.05) is 7.11 Å². The quantitative estimate of drug-likeness (QED) is 0.848. The summed E-state index contributed by atoms with van der Waals surface area (Å²) in [5.41, 5.74) is 1.56. The number of benzene rings is 1. The molecule has 0 aliphatic heterocycles. The first-order chi connectivity index (χ1) is 8.80. The predicted molar refractivity (Wildman–Crippen MR) is 69.5 cm³/mol. The second-order valence-corrected chi connectivity index (χ2v) is 4.54. The predicted octanol–water partition coefficient (Wildman–Crippen LogP) is 2.84. The lowest BCUT2D eigenvalue weighted by Crippen LogP contribution is -1.91. The summed E-state index contributed by atoms with van der Waals surface area (Å²) in [7, 11) is 3.21. The standard InChI is InChI=1S/C13H12N2O2S/c1-16-8-10-12(7-14)18-13(15-10)9-5-3-4-6-11(9)17-2/h3-6H,8H2,1-2H3. The highest BCUT2D eigenvalue weighted by atomic mass is 32.1. The maximum absolute atomic E-state index is 9.07. The van der Waals surface area contributed by atoms with Gasteiger partial charge in [0.15, 0.2) is 0 Å². The first-order valence-electron chi connectivity index (χ1n) is 5.32. The highest BCUT2D eigenvalue weighted by molar-refractivity contribution is 7.15. The number of ether oxygens (including phenoxy) is 2. The van der Waals surface area contributed by atoms with E-state index in [1.165, 1.54) is 11.3 Å². The molecule has 0 radical (unpaired) electrons. The van der Waals surface area contributed by atoms with E-state index in [-0.39, 0.29) is 0 Å². The third-order valence-electron chi connectivity index (χ3n) is 2.42. The van der Waals surface area contributed by atoms with E-state index in [1.54, 1.807) is 14.2 Å². The molecule has 0 amide bonds. The summed E-state index contributed by atoms with van der Waals surface area (Å²) >= 11 is 1.35. The number of nitrogens with zero attached hydrogens (tertiary/aromatic N) is 2. The van der Waals surface area contributed by atoms with Gasteiger partial charge >= 0.3 is 0 Å². The van der Waals surface area contributed by atoms with Gasteiger partial charge < -0.3 is 9.47 Å². The maximum Gasteiger partial charge on any atom is 0.130 e. The molecule has 0 atom stereocenters. The molecule has 1 aromatic carbocycles. The van der Waals surface area contributed by atoms with Gasteiger partial charge in [0.05, 0.1) is 25.0 Å². The molecule has 0 bridgehead atoms. The molecule has 0 aliphatic rings. The Morgan fingerprint density at radius 1 is 1.33 bits per heavy atom. The van der Waals surface area contributed by atoms with Crippen molar-refractivity contribution in [1.29, 1.82) is 5.26 Å². The van der Waals surface area contributed by atoms with Crippen molar-refractivity contribution in [2.24, 2.45) is 0 Å². The minimum absolute atomic E-state index is 0.342.